The zero-order valence-corrected chi connectivity index (χ0v) is 17.0. The first-order valence-electron chi connectivity index (χ1n) is 10.4. The van der Waals surface area contributed by atoms with Crippen LogP contribution in [0.2, 0.25) is 0 Å². The number of imide groups is 1. The van der Waals surface area contributed by atoms with Gasteiger partial charge in [-0.25, -0.2) is 0 Å². The van der Waals surface area contributed by atoms with Gasteiger partial charge in [0.1, 0.15) is 0 Å². The molecule has 2 amide bonds. The van der Waals surface area contributed by atoms with E-state index in [1.54, 1.807) is 24.3 Å². The Hall–Kier alpha value is -2.50. The Morgan fingerprint density at radius 2 is 1.69 bits per heavy atom. The van der Waals surface area contributed by atoms with Crippen molar-refractivity contribution in [2.45, 2.75) is 51.4 Å². The average molecular weight is 393 g/mol. The van der Waals surface area contributed by atoms with Crippen LogP contribution >= 0.6 is 0 Å². The standard InChI is InChI=1S/C24H27NO4/c1-3-4-7-19-16-28-24(2,29-19)18-12-10-17(11-13-18)14-15-25-22(26)20-8-5-6-9-21(20)23(25)27/h5-6,8-13,19H,3-4,7,14-16H2,1-2H3. The van der Waals surface area contributed by atoms with Crippen molar-refractivity contribution in [3.63, 3.8) is 0 Å². The van der Waals surface area contributed by atoms with Crippen molar-refractivity contribution in [3.8, 4) is 0 Å². The van der Waals surface area contributed by atoms with E-state index in [0.29, 0.717) is 30.7 Å². The van der Waals surface area contributed by atoms with Crippen LogP contribution in [0.5, 0.6) is 0 Å². The van der Waals surface area contributed by atoms with Crippen LogP contribution in [0.25, 0.3) is 0 Å². The highest BCUT2D eigenvalue weighted by atomic mass is 16.7. The van der Waals surface area contributed by atoms with Crippen molar-refractivity contribution < 1.29 is 19.1 Å². The molecule has 0 N–H and O–H groups in total. The summed E-state index contributed by atoms with van der Waals surface area (Å²) in [5.41, 5.74) is 3.04. The molecule has 1 saturated heterocycles. The van der Waals surface area contributed by atoms with Gasteiger partial charge in [-0.15, -0.1) is 0 Å². The molecule has 4 rings (SSSR count). The topological polar surface area (TPSA) is 55.8 Å². The fraction of sp³-hybridized carbons (Fsp3) is 0.417. The van der Waals surface area contributed by atoms with Crippen LogP contribution in [-0.2, 0) is 21.7 Å². The molecule has 0 bridgehead atoms. The molecule has 2 heterocycles. The monoisotopic (exact) mass is 393 g/mol. The number of nitrogens with zero attached hydrogens (tertiary/aromatic N) is 1. The van der Waals surface area contributed by atoms with E-state index in [4.69, 9.17) is 9.47 Å². The van der Waals surface area contributed by atoms with Crippen molar-refractivity contribution in [2.24, 2.45) is 0 Å². The van der Waals surface area contributed by atoms with Crippen LogP contribution in [0.4, 0.5) is 0 Å². The van der Waals surface area contributed by atoms with Gasteiger partial charge in [0.05, 0.1) is 23.8 Å². The summed E-state index contributed by atoms with van der Waals surface area (Å²) in [5.74, 6) is -1.12. The molecular formula is C24H27NO4. The van der Waals surface area contributed by atoms with Crippen molar-refractivity contribution >= 4 is 11.8 Å². The molecule has 2 aliphatic heterocycles. The van der Waals surface area contributed by atoms with Crippen molar-refractivity contribution in [3.05, 3.63) is 70.8 Å². The number of carbonyl (C=O) groups excluding carboxylic acids is 2. The number of carbonyl (C=O) groups is 2. The van der Waals surface area contributed by atoms with E-state index in [1.807, 2.05) is 31.2 Å². The molecule has 0 aliphatic carbocycles. The molecular weight excluding hydrogens is 366 g/mol. The van der Waals surface area contributed by atoms with Gasteiger partial charge in [-0.1, -0.05) is 56.2 Å². The summed E-state index contributed by atoms with van der Waals surface area (Å²) in [4.78, 5) is 26.3. The maximum atomic E-state index is 12.5. The minimum Gasteiger partial charge on any atom is -0.343 e. The molecule has 5 heteroatoms. The lowest BCUT2D eigenvalue weighted by Gasteiger charge is -2.24. The van der Waals surface area contributed by atoms with Gasteiger partial charge >= 0.3 is 0 Å². The Kier molecular flexibility index (Phi) is 5.52. The molecule has 2 unspecified atom stereocenters. The van der Waals surface area contributed by atoms with E-state index in [0.717, 1.165) is 30.4 Å². The van der Waals surface area contributed by atoms with Crippen molar-refractivity contribution in [1.29, 1.82) is 0 Å². The zero-order valence-electron chi connectivity index (χ0n) is 17.0. The maximum absolute atomic E-state index is 12.5. The Bertz CT molecular complexity index is 872. The number of hydrogen-bond donors (Lipinski definition) is 0. The summed E-state index contributed by atoms with van der Waals surface area (Å²) in [6.45, 7) is 5.13. The van der Waals surface area contributed by atoms with Crippen molar-refractivity contribution in [1.82, 2.24) is 4.90 Å². The molecule has 0 aromatic heterocycles. The third-order valence-electron chi connectivity index (χ3n) is 5.80. The Morgan fingerprint density at radius 3 is 2.31 bits per heavy atom. The lowest BCUT2D eigenvalue weighted by atomic mass is 10.0. The molecule has 152 valence electrons. The normalized spacial score (nSPS) is 23.7. The predicted octanol–water partition coefficient (Wildman–Crippen LogP) is 4.30. The largest absolute Gasteiger partial charge is 0.343 e. The third kappa shape index (κ3) is 3.85. The second kappa shape index (κ2) is 8.09. The van der Waals surface area contributed by atoms with E-state index < -0.39 is 5.79 Å². The highest BCUT2D eigenvalue weighted by Gasteiger charge is 2.38. The fourth-order valence-corrected chi connectivity index (χ4v) is 4.02. The molecule has 2 aliphatic rings. The summed E-state index contributed by atoms with van der Waals surface area (Å²) in [6, 6.07) is 15.1. The molecule has 5 nitrogen and oxygen atoms in total. The first-order valence-corrected chi connectivity index (χ1v) is 10.4. The summed E-state index contributed by atoms with van der Waals surface area (Å²) in [6.07, 6.45) is 4.07. The van der Waals surface area contributed by atoms with Crippen LogP contribution in [0.15, 0.2) is 48.5 Å². The second-order valence-corrected chi connectivity index (χ2v) is 7.89. The summed E-state index contributed by atoms with van der Waals surface area (Å²) < 4.78 is 12.1. The number of unbranched alkanes of at least 4 members (excludes halogenated alkanes) is 1. The van der Waals surface area contributed by atoms with Gasteiger partial charge < -0.3 is 9.47 Å². The summed E-state index contributed by atoms with van der Waals surface area (Å²) in [5, 5.41) is 0. The molecule has 0 spiro atoms. The van der Waals surface area contributed by atoms with Crippen LogP contribution in [0, 0.1) is 0 Å². The summed E-state index contributed by atoms with van der Waals surface area (Å²) >= 11 is 0. The SMILES string of the molecule is CCCCC1COC(C)(c2ccc(CCN3C(=O)c4ccccc4C3=O)cc2)O1. The van der Waals surface area contributed by atoms with E-state index in [9.17, 15) is 9.59 Å². The van der Waals surface area contributed by atoms with Crippen LogP contribution < -0.4 is 0 Å². The smallest absolute Gasteiger partial charge is 0.261 e. The highest BCUT2D eigenvalue weighted by molar-refractivity contribution is 6.21. The Labute approximate surface area is 171 Å². The van der Waals surface area contributed by atoms with Gasteiger partial charge in [0.15, 0.2) is 5.79 Å². The van der Waals surface area contributed by atoms with Gasteiger partial charge in [-0.3, -0.25) is 14.5 Å². The fourth-order valence-electron chi connectivity index (χ4n) is 4.02. The van der Waals surface area contributed by atoms with E-state index >= 15 is 0 Å². The van der Waals surface area contributed by atoms with Crippen LogP contribution in [0.1, 0.15) is 65.0 Å². The molecule has 0 saturated carbocycles. The van der Waals surface area contributed by atoms with E-state index in [-0.39, 0.29) is 17.9 Å². The lowest BCUT2D eigenvalue weighted by Crippen LogP contribution is -2.31. The number of fused-ring (bicyclic) bond motifs is 1. The number of rotatable bonds is 7. The average Bonchev–Trinajstić information content (AvgIpc) is 3.24. The molecule has 2 aromatic rings. The van der Waals surface area contributed by atoms with Crippen LogP contribution in [-0.4, -0.2) is 36.0 Å². The minimum atomic E-state index is -0.709. The number of ether oxygens (including phenoxy) is 2. The van der Waals surface area contributed by atoms with Gasteiger partial charge in [-0.05, 0) is 37.5 Å². The lowest BCUT2D eigenvalue weighted by molar-refractivity contribution is -0.162. The van der Waals surface area contributed by atoms with E-state index in [2.05, 4.69) is 6.92 Å². The molecule has 1 fully saturated rings. The first kappa shape index (κ1) is 19.8. The third-order valence-corrected chi connectivity index (χ3v) is 5.80. The maximum Gasteiger partial charge on any atom is 0.261 e. The number of amides is 2. The highest BCUT2D eigenvalue weighted by Crippen LogP contribution is 2.35. The zero-order chi connectivity index (χ0) is 20.4. The number of benzene rings is 2. The molecule has 0 radical (unpaired) electrons. The number of hydrogen-bond acceptors (Lipinski definition) is 4. The predicted molar refractivity (Wildman–Crippen MR) is 110 cm³/mol. The van der Waals surface area contributed by atoms with E-state index in [1.165, 1.54) is 4.90 Å². The Morgan fingerprint density at radius 1 is 1.03 bits per heavy atom. The van der Waals surface area contributed by atoms with Gasteiger partial charge in [-0.2, -0.15) is 0 Å². The van der Waals surface area contributed by atoms with Gasteiger partial charge in [0.25, 0.3) is 11.8 Å². The summed E-state index contributed by atoms with van der Waals surface area (Å²) in [7, 11) is 0. The first-order chi connectivity index (χ1) is 14.0. The minimum absolute atomic E-state index is 0.147. The molecule has 2 aromatic carbocycles. The Balaban J connectivity index is 1.37. The van der Waals surface area contributed by atoms with Gasteiger partial charge in [0.2, 0.25) is 0 Å². The van der Waals surface area contributed by atoms with Crippen LogP contribution in [0.3, 0.4) is 0 Å². The van der Waals surface area contributed by atoms with Crippen molar-refractivity contribution in [2.75, 3.05) is 13.2 Å². The quantitative estimate of drug-likeness (QED) is 0.658. The molecule has 29 heavy (non-hydrogen) atoms. The van der Waals surface area contributed by atoms with Gasteiger partial charge in [0, 0.05) is 12.1 Å². The second-order valence-electron chi connectivity index (χ2n) is 7.89. The molecule has 2 atom stereocenters.